The van der Waals surface area contributed by atoms with E-state index in [1.54, 1.807) is 19.0 Å². The van der Waals surface area contributed by atoms with Crippen LogP contribution in [0.3, 0.4) is 0 Å². The summed E-state index contributed by atoms with van der Waals surface area (Å²) in [6, 6.07) is 2.23. The third-order valence-electron chi connectivity index (χ3n) is 8.84. The lowest BCUT2D eigenvalue weighted by atomic mass is 9.58. The van der Waals surface area contributed by atoms with Gasteiger partial charge in [-0.1, -0.05) is 33.8 Å². The number of aromatic hydroxyl groups is 1. The van der Waals surface area contributed by atoms with Crippen LogP contribution in [0.15, 0.2) is 34.8 Å². The Labute approximate surface area is 241 Å². The largest absolute Gasteiger partial charge is 0.510 e. The number of rotatable bonds is 8. The molecule has 6 N–H and O–H groups in total. The second-order valence-corrected chi connectivity index (χ2v) is 12.9. The Hall–Kier alpha value is -3.21. The van der Waals surface area contributed by atoms with Crippen LogP contribution in [0.4, 0.5) is 0 Å². The van der Waals surface area contributed by atoms with Crippen LogP contribution in [0.1, 0.15) is 68.6 Å². The molecule has 41 heavy (non-hydrogen) atoms. The van der Waals surface area contributed by atoms with Gasteiger partial charge in [0.05, 0.1) is 11.6 Å². The number of phenols is 1. The Morgan fingerprint density at radius 3 is 2.15 bits per heavy atom. The molecular formula is C31H43N3O7. The van der Waals surface area contributed by atoms with Gasteiger partial charge in [-0.15, -0.1) is 0 Å². The van der Waals surface area contributed by atoms with Crippen LogP contribution >= 0.6 is 0 Å². The number of carbonyl (C=O) groups is 3. The van der Waals surface area contributed by atoms with Gasteiger partial charge in [0.1, 0.15) is 22.8 Å². The highest BCUT2D eigenvalue weighted by atomic mass is 16.3. The highest BCUT2D eigenvalue weighted by Crippen LogP contribution is 2.53. The van der Waals surface area contributed by atoms with E-state index in [2.05, 4.69) is 39.5 Å². The zero-order chi connectivity index (χ0) is 30.7. The Bertz CT molecular complexity index is 1340. The Morgan fingerprint density at radius 2 is 1.63 bits per heavy atom. The number of likely N-dealkylation sites (N-methyl/N-ethyl adjacent to an activating group) is 1. The first-order valence-electron chi connectivity index (χ1n) is 14.3. The number of aliphatic hydroxyl groups is 3. The average molecular weight is 570 g/mol. The standard InChI is InChI=1S/C31H43N3O7/c1-14(2)12-34(13-15(3)4)16(5)18-8-9-21(35)23-19(18)10-17-11-20-25(33(6)7)27(37)24(30(32)40)29(39)31(20,41)28(38)22(17)26(23)36/h8-9,14-17,20,25,35,37-38,41H,10-13H2,1-7H3,(H2,32,40). The van der Waals surface area contributed by atoms with Crippen molar-refractivity contribution in [1.82, 2.24) is 9.80 Å². The lowest BCUT2D eigenvalue weighted by Gasteiger charge is -2.50. The van der Waals surface area contributed by atoms with E-state index < -0.39 is 58.0 Å². The molecule has 1 aromatic carbocycles. The van der Waals surface area contributed by atoms with E-state index in [9.17, 15) is 34.8 Å². The van der Waals surface area contributed by atoms with Crippen molar-refractivity contribution in [2.45, 2.75) is 65.1 Å². The van der Waals surface area contributed by atoms with Crippen LogP contribution in [0.25, 0.3) is 0 Å². The van der Waals surface area contributed by atoms with E-state index >= 15 is 0 Å². The molecule has 0 heterocycles. The summed E-state index contributed by atoms with van der Waals surface area (Å²) in [6.07, 6.45) is 0.344. The smallest absolute Gasteiger partial charge is 0.255 e. The fourth-order valence-electron chi connectivity index (χ4n) is 7.19. The first-order valence-corrected chi connectivity index (χ1v) is 14.3. The van der Waals surface area contributed by atoms with E-state index in [0.29, 0.717) is 17.4 Å². The second kappa shape index (κ2) is 10.9. The molecule has 0 saturated carbocycles. The minimum atomic E-state index is -2.64. The van der Waals surface area contributed by atoms with E-state index in [1.165, 1.54) is 6.07 Å². The van der Waals surface area contributed by atoms with Gasteiger partial charge in [-0.25, -0.2) is 0 Å². The Kier molecular flexibility index (Phi) is 8.16. The normalized spacial score (nSPS) is 27.1. The van der Waals surface area contributed by atoms with E-state index in [4.69, 9.17) is 5.73 Å². The number of phenolic OH excluding ortho intramolecular Hbond substituents is 1. The number of benzene rings is 1. The quantitative estimate of drug-likeness (QED) is 0.296. The van der Waals surface area contributed by atoms with E-state index in [0.717, 1.165) is 18.7 Å². The number of aliphatic hydroxyl groups excluding tert-OH is 2. The van der Waals surface area contributed by atoms with Gasteiger partial charge in [-0.05, 0) is 68.8 Å². The van der Waals surface area contributed by atoms with Crippen molar-refractivity contribution in [3.8, 4) is 5.75 Å². The van der Waals surface area contributed by atoms with Crippen molar-refractivity contribution < 1.29 is 34.8 Å². The number of nitrogens with zero attached hydrogens (tertiary/aromatic N) is 2. The monoisotopic (exact) mass is 569 g/mol. The minimum absolute atomic E-state index is 0.0455. The average Bonchev–Trinajstić information content (AvgIpc) is 2.84. The molecule has 3 aliphatic carbocycles. The molecule has 10 nitrogen and oxygen atoms in total. The van der Waals surface area contributed by atoms with Gasteiger partial charge in [0.2, 0.25) is 5.78 Å². The molecule has 5 atom stereocenters. The number of allylic oxidation sites excluding steroid dienone is 1. The minimum Gasteiger partial charge on any atom is -0.510 e. The maximum atomic E-state index is 14.0. The van der Waals surface area contributed by atoms with Gasteiger partial charge < -0.3 is 26.2 Å². The molecule has 0 aliphatic heterocycles. The van der Waals surface area contributed by atoms with Crippen LogP contribution in [-0.2, 0) is 16.0 Å². The number of amides is 1. The zero-order valence-electron chi connectivity index (χ0n) is 24.9. The molecular weight excluding hydrogens is 526 g/mol. The fraction of sp³-hybridized carbons (Fsp3) is 0.581. The maximum absolute atomic E-state index is 14.0. The molecule has 0 radical (unpaired) electrons. The lowest BCUT2D eigenvalue weighted by molar-refractivity contribution is -0.148. The zero-order valence-corrected chi connectivity index (χ0v) is 24.9. The predicted octanol–water partition coefficient (Wildman–Crippen LogP) is 2.80. The molecule has 224 valence electrons. The Balaban J connectivity index is 1.88. The first-order chi connectivity index (χ1) is 19.0. The highest BCUT2D eigenvalue weighted by Gasteiger charge is 2.63. The number of hydrogen-bond donors (Lipinski definition) is 5. The SMILES string of the molecule is CC(C)CN(CC(C)C)C(C)c1ccc(O)c2c1CC1CC3C(N(C)C)C(O)=C(C(N)=O)C(=O)C3(O)C(O)=C1C2=O. The number of fused-ring (bicyclic) bond motifs is 3. The van der Waals surface area contributed by atoms with Crippen molar-refractivity contribution in [1.29, 1.82) is 0 Å². The van der Waals surface area contributed by atoms with Crippen molar-refractivity contribution in [3.63, 3.8) is 0 Å². The topological polar surface area (TPSA) is 165 Å². The summed E-state index contributed by atoms with van der Waals surface area (Å²) in [4.78, 5) is 43.6. The third kappa shape index (κ3) is 4.85. The molecule has 1 aromatic rings. The number of carbonyl (C=O) groups excluding carboxylic acids is 3. The number of hydrogen-bond acceptors (Lipinski definition) is 9. The summed E-state index contributed by atoms with van der Waals surface area (Å²) in [6.45, 7) is 12.4. The molecule has 0 spiro atoms. The van der Waals surface area contributed by atoms with E-state index in [1.807, 2.05) is 6.07 Å². The molecule has 0 fully saturated rings. The summed E-state index contributed by atoms with van der Waals surface area (Å²) in [5.41, 5.74) is 3.42. The number of Topliss-reactive ketones (excluding diaryl/α,β-unsaturated/α-hetero) is 2. The van der Waals surface area contributed by atoms with Gasteiger partial charge in [0, 0.05) is 30.6 Å². The molecule has 0 saturated heterocycles. The van der Waals surface area contributed by atoms with Crippen molar-refractivity contribution in [2.75, 3.05) is 27.2 Å². The van der Waals surface area contributed by atoms with Crippen molar-refractivity contribution in [3.05, 3.63) is 51.5 Å². The van der Waals surface area contributed by atoms with Crippen LogP contribution in [0.2, 0.25) is 0 Å². The van der Waals surface area contributed by atoms with Crippen LogP contribution in [0, 0.1) is 23.7 Å². The summed E-state index contributed by atoms with van der Waals surface area (Å²) in [5.74, 6) is -5.65. The van der Waals surface area contributed by atoms with Crippen molar-refractivity contribution in [2.24, 2.45) is 29.4 Å². The van der Waals surface area contributed by atoms with Crippen LogP contribution < -0.4 is 5.73 Å². The van der Waals surface area contributed by atoms with Gasteiger partial charge in [0.25, 0.3) is 5.91 Å². The van der Waals surface area contributed by atoms with Gasteiger partial charge in [-0.2, -0.15) is 0 Å². The van der Waals surface area contributed by atoms with Gasteiger partial charge >= 0.3 is 0 Å². The second-order valence-electron chi connectivity index (χ2n) is 12.9. The summed E-state index contributed by atoms with van der Waals surface area (Å²) in [7, 11) is 3.23. The fourth-order valence-corrected chi connectivity index (χ4v) is 7.19. The summed E-state index contributed by atoms with van der Waals surface area (Å²) >= 11 is 0. The molecule has 5 unspecified atom stereocenters. The van der Waals surface area contributed by atoms with Crippen LogP contribution in [0.5, 0.6) is 5.75 Å². The highest BCUT2D eigenvalue weighted by molar-refractivity contribution is 6.24. The summed E-state index contributed by atoms with van der Waals surface area (Å²) < 4.78 is 0. The summed E-state index contributed by atoms with van der Waals surface area (Å²) in [5, 5.41) is 45.1. The molecule has 4 rings (SSSR count). The van der Waals surface area contributed by atoms with Gasteiger partial charge in [0.15, 0.2) is 11.4 Å². The molecule has 10 heteroatoms. The third-order valence-corrected chi connectivity index (χ3v) is 8.84. The molecule has 0 aromatic heterocycles. The first kappa shape index (κ1) is 30.7. The lowest BCUT2D eigenvalue weighted by Crippen LogP contribution is -2.63. The predicted molar refractivity (Wildman–Crippen MR) is 153 cm³/mol. The van der Waals surface area contributed by atoms with Crippen LogP contribution in [-0.4, -0.2) is 86.5 Å². The Morgan fingerprint density at radius 1 is 1.05 bits per heavy atom. The molecule has 0 bridgehead atoms. The number of primary amides is 1. The maximum Gasteiger partial charge on any atom is 0.255 e. The number of ketones is 2. The van der Waals surface area contributed by atoms with Gasteiger partial charge in [-0.3, -0.25) is 24.2 Å². The molecule has 3 aliphatic rings. The number of nitrogens with two attached hydrogens (primary N) is 1. The van der Waals surface area contributed by atoms with E-state index in [-0.39, 0.29) is 35.8 Å². The molecule has 1 amide bonds. The van der Waals surface area contributed by atoms with Crippen molar-refractivity contribution >= 4 is 17.5 Å².